The molecule has 2 aromatic carbocycles. The normalized spacial score (nSPS) is 17.5. The van der Waals surface area contributed by atoms with Crippen molar-refractivity contribution >= 4 is 38.3 Å². The second-order valence-corrected chi connectivity index (χ2v) is 11.7. The van der Waals surface area contributed by atoms with Crippen LogP contribution in [0.3, 0.4) is 0 Å². The molecular formula is C27H32N6O6S. The topological polar surface area (TPSA) is 153 Å². The van der Waals surface area contributed by atoms with Crippen molar-refractivity contribution in [2.24, 2.45) is 0 Å². The van der Waals surface area contributed by atoms with E-state index in [4.69, 9.17) is 18.7 Å². The number of sulfonamides is 1. The standard InChI is InChI=1S/C27H32N6O6S/c1-36-22-11-18-21(12-20(22)29-25-13-19(30-31-25)15-6-7-15)39-32-27(18)33-40(34,35)26-23(37-2)9-17(10-24(26)38-3)16-5-4-8-28-14-16/h9-13,15-16,28H,4-8,14H2,1-3H3,(H,32,33)(H2,29,30,31). The monoisotopic (exact) mass is 568 g/mol. The summed E-state index contributed by atoms with van der Waals surface area (Å²) in [4.78, 5) is -0.114. The molecule has 0 bridgehead atoms. The minimum atomic E-state index is -4.19. The average Bonchev–Trinajstić information content (AvgIpc) is 3.61. The number of benzene rings is 2. The Labute approximate surface area is 231 Å². The van der Waals surface area contributed by atoms with E-state index in [9.17, 15) is 8.42 Å². The zero-order valence-corrected chi connectivity index (χ0v) is 23.4. The first-order chi connectivity index (χ1) is 19.4. The molecule has 4 aromatic rings. The minimum absolute atomic E-state index is 0.0142. The molecule has 1 aliphatic carbocycles. The number of nitrogens with one attached hydrogen (secondary N) is 4. The number of aromatic nitrogens is 3. The summed E-state index contributed by atoms with van der Waals surface area (Å²) >= 11 is 0. The third-order valence-electron chi connectivity index (χ3n) is 7.42. The summed E-state index contributed by atoms with van der Waals surface area (Å²) in [6, 6.07) is 8.85. The maximum atomic E-state index is 13.7. The molecule has 13 heteroatoms. The van der Waals surface area contributed by atoms with Crippen LogP contribution >= 0.6 is 0 Å². The van der Waals surface area contributed by atoms with E-state index in [-0.39, 0.29) is 28.1 Å². The Kier molecular flexibility index (Phi) is 6.92. The summed E-state index contributed by atoms with van der Waals surface area (Å²) in [7, 11) is 0.215. The van der Waals surface area contributed by atoms with Gasteiger partial charge in [0, 0.05) is 30.3 Å². The van der Waals surface area contributed by atoms with Crippen LogP contribution in [0, 0.1) is 0 Å². The molecule has 0 radical (unpaired) electrons. The van der Waals surface area contributed by atoms with E-state index in [1.807, 2.05) is 6.07 Å². The van der Waals surface area contributed by atoms with Crippen LogP contribution in [-0.2, 0) is 10.0 Å². The molecule has 2 fully saturated rings. The fourth-order valence-electron chi connectivity index (χ4n) is 5.16. The molecule has 1 saturated carbocycles. The van der Waals surface area contributed by atoms with Crippen molar-refractivity contribution in [3.05, 3.63) is 41.6 Å². The van der Waals surface area contributed by atoms with Crippen LogP contribution in [0.25, 0.3) is 11.0 Å². The quantitative estimate of drug-likeness (QED) is 0.216. The molecule has 1 atom stereocenters. The van der Waals surface area contributed by atoms with Gasteiger partial charge in [-0.25, -0.2) is 8.42 Å². The van der Waals surface area contributed by atoms with Crippen LogP contribution in [0.4, 0.5) is 17.3 Å². The second-order valence-electron chi connectivity index (χ2n) is 10.1. The molecule has 1 saturated heterocycles. The SMILES string of the molecule is COc1cc2c(NS(=O)(=O)c3c(OC)cc(C4CCCNC4)cc3OC)noc2cc1Nc1cc(C2CC2)[nH]n1. The maximum absolute atomic E-state index is 13.7. The zero-order chi connectivity index (χ0) is 27.9. The van der Waals surface area contributed by atoms with Gasteiger partial charge < -0.3 is 29.4 Å². The van der Waals surface area contributed by atoms with Gasteiger partial charge in [0.05, 0.1) is 32.4 Å². The summed E-state index contributed by atoms with van der Waals surface area (Å²) in [6.45, 7) is 1.78. The largest absolute Gasteiger partial charge is 0.495 e. The summed E-state index contributed by atoms with van der Waals surface area (Å²) < 4.78 is 52.1. The van der Waals surface area contributed by atoms with E-state index < -0.39 is 10.0 Å². The van der Waals surface area contributed by atoms with Crippen LogP contribution in [0.5, 0.6) is 17.2 Å². The van der Waals surface area contributed by atoms with E-state index in [1.54, 1.807) is 24.3 Å². The van der Waals surface area contributed by atoms with Gasteiger partial charge in [-0.15, -0.1) is 0 Å². The van der Waals surface area contributed by atoms with Crippen LogP contribution in [-0.4, -0.2) is 58.2 Å². The van der Waals surface area contributed by atoms with Crippen LogP contribution in [0.1, 0.15) is 48.8 Å². The lowest BCUT2D eigenvalue weighted by atomic mass is 9.91. The summed E-state index contributed by atoms with van der Waals surface area (Å²) in [5, 5.41) is 18.4. The lowest BCUT2D eigenvalue weighted by Gasteiger charge is -2.25. The van der Waals surface area contributed by atoms with E-state index in [0.29, 0.717) is 34.1 Å². The third-order valence-corrected chi connectivity index (χ3v) is 8.82. The smallest absolute Gasteiger partial charge is 0.270 e. The van der Waals surface area contributed by atoms with E-state index in [1.165, 1.54) is 21.3 Å². The van der Waals surface area contributed by atoms with Gasteiger partial charge in [-0.3, -0.25) is 9.82 Å². The van der Waals surface area contributed by atoms with Crippen molar-refractivity contribution in [3.8, 4) is 17.2 Å². The van der Waals surface area contributed by atoms with Crippen molar-refractivity contribution in [3.63, 3.8) is 0 Å². The highest BCUT2D eigenvalue weighted by Crippen LogP contribution is 2.42. The molecular weight excluding hydrogens is 536 g/mol. The number of rotatable bonds is 10. The molecule has 3 heterocycles. The molecule has 1 aliphatic heterocycles. The molecule has 0 amide bonds. The number of piperidine rings is 1. The summed E-state index contributed by atoms with van der Waals surface area (Å²) in [5.74, 6) is 2.27. The Hall–Kier alpha value is -3.97. The minimum Gasteiger partial charge on any atom is -0.495 e. The van der Waals surface area contributed by atoms with Gasteiger partial charge in [0.25, 0.3) is 10.0 Å². The number of nitrogens with zero attached hydrogens (tertiary/aromatic N) is 2. The number of anilines is 3. The molecule has 1 unspecified atom stereocenters. The highest BCUT2D eigenvalue weighted by Gasteiger charge is 2.30. The molecule has 4 N–H and O–H groups in total. The lowest BCUT2D eigenvalue weighted by Crippen LogP contribution is -2.28. The van der Waals surface area contributed by atoms with Crippen molar-refractivity contribution in [2.75, 3.05) is 44.5 Å². The summed E-state index contributed by atoms with van der Waals surface area (Å²) in [6.07, 6.45) is 4.36. The molecule has 6 rings (SSSR count). The fourth-order valence-corrected chi connectivity index (χ4v) is 6.48. The Morgan fingerprint density at radius 1 is 0.950 bits per heavy atom. The van der Waals surface area contributed by atoms with Crippen LogP contribution in [0.2, 0.25) is 0 Å². The van der Waals surface area contributed by atoms with Gasteiger partial charge in [0.15, 0.2) is 22.1 Å². The first-order valence-electron chi connectivity index (χ1n) is 13.2. The van der Waals surface area contributed by atoms with E-state index >= 15 is 0 Å². The Bertz CT molecular complexity index is 1610. The predicted octanol–water partition coefficient (Wildman–Crippen LogP) is 4.47. The van der Waals surface area contributed by atoms with Crippen molar-refractivity contribution in [1.82, 2.24) is 20.7 Å². The Balaban J connectivity index is 1.31. The molecule has 2 aromatic heterocycles. The number of H-pyrrole nitrogens is 1. The van der Waals surface area contributed by atoms with Crippen molar-refractivity contribution < 1.29 is 27.2 Å². The maximum Gasteiger partial charge on any atom is 0.270 e. The molecule has 40 heavy (non-hydrogen) atoms. The predicted molar refractivity (Wildman–Crippen MR) is 150 cm³/mol. The van der Waals surface area contributed by atoms with Gasteiger partial charge in [-0.1, -0.05) is 5.16 Å². The molecule has 2 aliphatic rings. The van der Waals surface area contributed by atoms with Crippen molar-refractivity contribution in [1.29, 1.82) is 0 Å². The van der Waals surface area contributed by atoms with Crippen molar-refractivity contribution in [2.45, 2.75) is 42.4 Å². The Morgan fingerprint density at radius 2 is 1.70 bits per heavy atom. The first-order valence-corrected chi connectivity index (χ1v) is 14.7. The third kappa shape index (κ3) is 5.02. The van der Waals surface area contributed by atoms with Crippen LogP contribution in [0.15, 0.2) is 39.8 Å². The lowest BCUT2D eigenvalue weighted by molar-refractivity contribution is 0.370. The highest BCUT2D eigenvalue weighted by molar-refractivity contribution is 7.93. The summed E-state index contributed by atoms with van der Waals surface area (Å²) in [5.41, 5.74) is 3.01. The van der Waals surface area contributed by atoms with Gasteiger partial charge >= 0.3 is 0 Å². The molecule has 212 valence electrons. The van der Waals surface area contributed by atoms with Gasteiger partial charge in [0.1, 0.15) is 17.2 Å². The molecule has 0 spiro atoms. The number of hydrogen-bond donors (Lipinski definition) is 4. The van der Waals surface area contributed by atoms with E-state index in [0.717, 1.165) is 50.0 Å². The fraction of sp³-hybridized carbons (Fsp3) is 0.407. The highest BCUT2D eigenvalue weighted by atomic mass is 32.2. The van der Waals surface area contributed by atoms with Gasteiger partial charge in [0.2, 0.25) is 0 Å². The zero-order valence-electron chi connectivity index (χ0n) is 22.5. The number of methoxy groups -OCH3 is 3. The number of fused-ring (bicyclic) bond motifs is 1. The average molecular weight is 569 g/mol. The van der Waals surface area contributed by atoms with Gasteiger partial charge in [-0.2, -0.15) is 5.10 Å². The van der Waals surface area contributed by atoms with E-state index in [2.05, 4.69) is 30.7 Å². The van der Waals surface area contributed by atoms with Gasteiger partial charge in [-0.05, 0) is 61.9 Å². The number of hydrogen-bond acceptors (Lipinski definition) is 10. The Morgan fingerprint density at radius 3 is 2.35 bits per heavy atom. The first kappa shape index (κ1) is 26.3. The number of ether oxygens (including phenoxy) is 3. The van der Waals surface area contributed by atoms with Crippen LogP contribution < -0.4 is 29.6 Å². The molecule has 12 nitrogen and oxygen atoms in total. The number of aromatic amines is 1. The second kappa shape index (κ2) is 10.5.